The Morgan fingerprint density at radius 2 is 2.24 bits per heavy atom. The number of rotatable bonds is 7. The summed E-state index contributed by atoms with van der Waals surface area (Å²) in [7, 11) is 0. The van der Waals surface area contributed by atoms with Crippen LogP contribution in [0.5, 0.6) is 0 Å². The van der Waals surface area contributed by atoms with Crippen LogP contribution in [0, 0.1) is 11.8 Å². The summed E-state index contributed by atoms with van der Waals surface area (Å²) >= 11 is 1.28. The molecule has 1 aromatic rings. The van der Waals surface area contributed by atoms with Crippen LogP contribution in [-0.4, -0.2) is 52.4 Å². The van der Waals surface area contributed by atoms with Crippen molar-refractivity contribution in [2.24, 2.45) is 11.8 Å². The molecule has 2 N–H and O–H groups in total. The first-order chi connectivity index (χ1) is 11.9. The van der Waals surface area contributed by atoms with Gasteiger partial charge in [-0.05, 0) is 19.3 Å². The predicted octanol–water partition coefficient (Wildman–Crippen LogP) is 1.78. The Morgan fingerprint density at radius 1 is 1.48 bits per heavy atom. The van der Waals surface area contributed by atoms with Gasteiger partial charge < -0.3 is 15.3 Å². The van der Waals surface area contributed by atoms with E-state index in [2.05, 4.69) is 10.3 Å². The zero-order valence-corrected chi connectivity index (χ0v) is 15.5. The molecule has 2 amide bonds. The van der Waals surface area contributed by atoms with E-state index < -0.39 is 5.97 Å². The van der Waals surface area contributed by atoms with E-state index >= 15 is 0 Å². The number of nitrogens with one attached hydrogen (secondary N) is 1. The van der Waals surface area contributed by atoms with Crippen LogP contribution >= 0.6 is 11.3 Å². The van der Waals surface area contributed by atoms with E-state index in [1.54, 1.807) is 0 Å². The van der Waals surface area contributed by atoms with Gasteiger partial charge in [0.2, 0.25) is 11.8 Å². The molecule has 2 atom stereocenters. The molecule has 2 unspecified atom stereocenters. The summed E-state index contributed by atoms with van der Waals surface area (Å²) in [6.45, 7) is 5.54. The number of hydrogen-bond acceptors (Lipinski definition) is 5. The second-order valence-electron chi connectivity index (χ2n) is 6.41. The van der Waals surface area contributed by atoms with Crippen LogP contribution in [-0.2, 0) is 16.0 Å². The lowest BCUT2D eigenvalue weighted by atomic mass is 9.95. The van der Waals surface area contributed by atoms with Crippen molar-refractivity contribution in [2.75, 3.05) is 19.6 Å². The van der Waals surface area contributed by atoms with E-state index in [9.17, 15) is 14.4 Å². The summed E-state index contributed by atoms with van der Waals surface area (Å²) in [5.74, 6) is -1.14. The lowest BCUT2D eigenvalue weighted by Gasteiger charge is -2.33. The number of piperidine rings is 1. The fourth-order valence-electron chi connectivity index (χ4n) is 2.84. The highest BCUT2D eigenvalue weighted by Gasteiger charge is 2.29. The van der Waals surface area contributed by atoms with Gasteiger partial charge >= 0.3 is 5.97 Å². The van der Waals surface area contributed by atoms with E-state index in [0.29, 0.717) is 24.5 Å². The molecule has 1 aliphatic heterocycles. The third-order valence-electron chi connectivity index (χ3n) is 4.55. The maximum Gasteiger partial charge on any atom is 0.355 e. The van der Waals surface area contributed by atoms with E-state index in [1.165, 1.54) is 16.7 Å². The monoisotopic (exact) mass is 367 g/mol. The molecule has 8 heteroatoms. The molecule has 0 aromatic carbocycles. The Bertz CT molecular complexity index is 631. The summed E-state index contributed by atoms with van der Waals surface area (Å²) in [5, 5.41) is 13.9. The van der Waals surface area contributed by atoms with Crippen LogP contribution in [0.1, 0.15) is 48.6 Å². The molecule has 1 fully saturated rings. The molecule has 1 aliphatic rings. The number of carbonyl (C=O) groups is 3. The van der Waals surface area contributed by atoms with Gasteiger partial charge in [-0.15, -0.1) is 11.3 Å². The van der Waals surface area contributed by atoms with Crippen molar-refractivity contribution in [3.05, 3.63) is 16.1 Å². The predicted molar refractivity (Wildman–Crippen MR) is 94.5 cm³/mol. The van der Waals surface area contributed by atoms with Crippen LogP contribution in [0.4, 0.5) is 0 Å². The fourth-order valence-corrected chi connectivity index (χ4v) is 3.61. The van der Waals surface area contributed by atoms with Gasteiger partial charge in [0.25, 0.3) is 0 Å². The van der Waals surface area contributed by atoms with E-state index in [4.69, 9.17) is 5.11 Å². The minimum absolute atomic E-state index is 0.00450. The van der Waals surface area contributed by atoms with Gasteiger partial charge in [-0.2, -0.15) is 0 Å². The molecule has 2 heterocycles. The molecule has 25 heavy (non-hydrogen) atoms. The molecule has 0 aliphatic carbocycles. The molecule has 0 spiro atoms. The average Bonchev–Trinajstić information content (AvgIpc) is 3.09. The van der Waals surface area contributed by atoms with Crippen LogP contribution in [0.3, 0.4) is 0 Å². The Kier molecular flexibility index (Phi) is 6.92. The Balaban J connectivity index is 1.79. The first-order valence-electron chi connectivity index (χ1n) is 8.66. The number of thiazole rings is 1. The third-order valence-corrected chi connectivity index (χ3v) is 5.46. The van der Waals surface area contributed by atoms with Crippen molar-refractivity contribution in [3.63, 3.8) is 0 Å². The SMILES string of the molecule is CCC(C)C(=O)N1CCCC(C(=O)NCCc2nc(C(=O)O)cs2)C1. The number of aromatic carboxylic acids is 1. The first kappa shape index (κ1) is 19.4. The van der Waals surface area contributed by atoms with Crippen molar-refractivity contribution in [1.82, 2.24) is 15.2 Å². The first-order valence-corrected chi connectivity index (χ1v) is 9.54. The highest BCUT2D eigenvalue weighted by atomic mass is 32.1. The number of hydrogen-bond donors (Lipinski definition) is 2. The Morgan fingerprint density at radius 3 is 2.88 bits per heavy atom. The zero-order chi connectivity index (χ0) is 18.4. The second-order valence-corrected chi connectivity index (χ2v) is 7.35. The Hall–Kier alpha value is -1.96. The normalized spacial score (nSPS) is 18.6. The van der Waals surface area contributed by atoms with Crippen LogP contribution < -0.4 is 5.32 Å². The molecule has 0 bridgehead atoms. The number of nitrogens with zero attached hydrogens (tertiary/aromatic N) is 2. The van der Waals surface area contributed by atoms with Crippen molar-refractivity contribution in [3.8, 4) is 0 Å². The van der Waals surface area contributed by atoms with Gasteiger partial charge in [0, 0.05) is 37.4 Å². The van der Waals surface area contributed by atoms with Gasteiger partial charge in [0.05, 0.1) is 10.9 Å². The van der Waals surface area contributed by atoms with E-state index in [0.717, 1.165) is 25.8 Å². The van der Waals surface area contributed by atoms with Crippen molar-refractivity contribution in [2.45, 2.75) is 39.5 Å². The molecular formula is C17H25N3O4S. The quantitative estimate of drug-likeness (QED) is 0.765. The average molecular weight is 367 g/mol. The van der Waals surface area contributed by atoms with Gasteiger partial charge in [-0.3, -0.25) is 9.59 Å². The highest BCUT2D eigenvalue weighted by molar-refractivity contribution is 7.09. The topological polar surface area (TPSA) is 99.6 Å². The lowest BCUT2D eigenvalue weighted by molar-refractivity contribution is -0.138. The molecule has 0 radical (unpaired) electrons. The van der Waals surface area contributed by atoms with Gasteiger partial charge in [0.15, 0.2) is 5.69 Å². The van der Waals surface area contributed by atoms with E-state index in [-0.39, 0.29) is 29.3 Å². The number of likely N-dealkylation sites (tertiary alicyclic amines) is 1. The lowest BCUT2D eigenvalue weighted by Crippen LogP contribution is -2.47. The second kappa shape index (κ2) is 8.94. The van der Waals surface area contributed by atoms with Crippen molar-refractivity contribution in [1.29, 1.82) is 0 Å². The van der Waals surface area contributed by atoms with Crippen molar-refractivity contribution >= 4 is 29.1 Å². The van der Waals surface area contributed by atoms with Gasteiger partial charge in [-0.25, -0.2) is 9.78 Å². The highest BCUT2D eigenvalue weighted by Crippen LogP contribution is 2.19. The van der Waals surface area contributed by atoms with Crippen LogP contribution in [0.15, 0.2) is 5.38 Å². The molecule has 7 nitrogen and oxygen atoms in total. The maximum atomic E-state index is 12.3. The summed E-state index contributed by atoms with van der Waals surface area (Å²) in [6, 6.07) is 0. The molecular weight excluding hydrogens is 342 g/mol. The molecule has 1 aromatic heterocycles. The van der Waals surface area contributed by atoms with Crippen molar-refractivity contribution < 1.29 is 19.5 Å². The number of carbonyl (C=O) groups excluding carboxylic acids is 2. The van der Waals surface area contributed by atoms with Crippen LogP contribution in [0.2, 0.25) is 0 Å². The van der Waals surface area contributed by atoms with E-state index in [1.807, 2.05) is 18.7 Å². The number of carboxylic acids is 1. The smallest absolute Gasteiger partial charge is 0.355 e. The number of aromatic nitrogens is 1. The third kappa shape index (κ3) is 5.26. The minimum Gasteiger partial charge on any atom is -0.476 e. The molecule has 0 saturated carbocycles. The molecule has 2 rings (SSSR count). The summed E-state index contributed by atoms with van der Waals surface area (Å²) < 4.78 is 0. The largest absolute Gasteiger partial charge is 0.476 e. The van der Waals surface area contributed by atoms with Gasteiger partial charge in [-0.1, -0.05) is 13.8 Å². The molecule has 1 saturated heterocycles. The standard InChI is InChI=1S/C17H25N3O4S/c1-3-11(2)16(22)20-8-4-5-12(9-20)15(21)18-7-6-14-19-13(10-25-14)17(23)24/h10-12H,3-9H2,1-2H3,(H,18,21)(H,23,24). The van der Waals surface area contributed by atoms with Crippen LogP contribution in [0.25, 0.3) is 0 Å². The summed E-state index contributed by atoms with van der Waals surface area (Å²) in [5.41, 5.74) is 0.0396. The van der Waals surface area contributed by atoms with Gasteiger partial charge in [0.1, 0.15) is 0 Å². The zero-order valence-electron chi connectivity index (χ0n) is 14.7. The molecule has 138 valence electrons. The summed E-state index contributed by atoms with van der Waals surface area (Å²) in [6.07, 6.45) is 2.94. The number of amides is 2. The summed E-state index contributed by atoms with van der Waals surface area (Å²) in [4.78, 5) is 41.2. The minimum atomic E-state index is -1.04. The maximum absolute atomic E-state index is 12.3. The number of carboxylic acid groups (broad SMARTS) is 1. The Labute approximate surface area is 151 Å². The fraction of sp³-hybridized carbons (Fsp3) is 0.647.